The van der Waals surface area contributed by atoms with E-state index in [1.807, 2.05) is 79.7 Å². The van der Waals surface area contributed by atoms with Crippen LogP contribution in [0.2, 0.25) is 0 Å². The zero-order valence-corrected chi connectivity index (χ0v) is 27.2. The molecule has 2 aliphatic rings. The maximum Gasteiger partial charge on any atom is 0.279 e. The summed E-state index contributed by atoms with van der Waals surface area (Å²) in [6.07, 6.45) is -0.123. The quantitative estimate of drug-likeness (QED) is 0.163. The van der Waals surface area contributed by atoms with Crippen molar-refractivity contribution in [1.29, 1.82) is 0 Å². The van der Waals surface area contributed by atoms with Crippen molar-refractivity contribution in [3.05, 3.63) is 127 Å². The van der Waals surface area contributed by atoms with E-state index in [1.54, 1.807) is 48.5 Å². The molecule has 0 radical (unpaired) electrons. The lowest BCUT2D eigenvalue weighted by molar-refractivity contribution is 0.427. The number of hydrogen-bond acceptors (Lipinski definition) is 6. The fraction of sp³-hybridized carbons (Fsp3) is 0.143. The van der Waals surface area contributed by atoms with Crippen molar-refractivity contribution in [1.82, 2.24) is 4.31 Å². The van der Waals surface area contributed by atoms with Gasteiger partial charge in [0.2, 0.25) is 10.0 Å². The second kappa shape index (κ2) is 11.5. The fourth-order valence-corrected chi connectivity index (χ4v) is 12.3. The highest BCUT2D eigenvalue weighted by atomic mass is 32.2. The molecular weight excluding hydrogens is 624 g/mol. The Balaban J connectivity index is 1.23. The number of rotatable bonds is 8. The first-order valence-corrected chi connectivity index (χ1v) is 19.8. The van der Waals surface area contributed by atoms with Gasteiger partial charge in [0.25, 0.3) is 14.7 Å². The van der Waals surface area contributed by atoms with Gasteiger partial charge in [-0.05, 0) is 54.4 Å². The first-order valence-electron chi connectivity index (χ1n) is 14.7. The van der Waals surface area contributed by atoms with Crippen LogP contribution < -0.4 is 19.7 Å². The second-order valence-corrected chi connectivity index (χ2v) is 18.1. The number of benzene rings is 5. The van der Waals surface area contributed by atoms with E-state index in [-0.39, 0.29) is 30.3 Å². The molecule has 7 nitrogen and oxygen atoms in total. The summed E-state index contributed by atoms with van der Waals surface area (Å²) in [6.45, 7) is 1.67. The van der Waals surface area contributed by atoms with Crippen molar-refractivity contribution in [2.45, 2.75) is 11.8 Å². The van der Waals surface area contributed by atoms with Crippen LogP contribution in [0.15, 0.2) is 126 Å². The van der Waals surface area contributed by atoms with Crippen LogP contribution in [0.1, 0.15) is 5.56 Å². The molecule has 2 unspecified atom stereocenters. The van der Waals surface area contributed by atoms with Gasteiger partial charge in [0.1, 0.15) is 11.5 Å². The Morgan fingerprint density at radius 1 is 0.556 bits per heavy atom. The van der Waals surface area contributed by atoms with Crippen molar-refractivity contribution in [3.63, 3.8) is 0 Å². The first kappa shape index (κ1) is 29.8. The van der Waals surface area contributed by atoms with E-state index in [0.29, 0.717) is 22.1 Å². The van der Waals surface area contributed by atoms with Gasteiger partial charge in [-0.15, -0.1) is 0 Å². The normalized spacial score (nSPS) is 19.8. The Labute approximate surface area is 263 Å². The van der Waals surface area contributed by atoms with E-state index < -0.39 is 24.8 Å². The summed E-state index contributed by atoms with van der Waals surface area (Å²) in [5, 5.41) is 1.12. The number of hydrogen-bond donors (Lipinski definition) is 0. The highest BCUT2D eigenvalue weighted by Gasteiger charge is 2.40. The molecule has 45 heavy (non-hydrogen) atoms. The summed E-state index contributed by atoms with van der Waals surface area (Å²) in [4.78, 5) is 0.107. The largest absolute Gasteiger partial charge is 0.439 e. The lowest BCUT2D eigenvalue weighted by Gasteiger charge is -2.32. The molecule has 5 aromatic rings. The molecule has 10 heteroatoms. The minimum absolute atomic E-state index is 0.0615. The van der Waals surface area contributed by atoms with Crippen molar-refractivity contribution >= 4 is 35.4 Å². The molecule has 0 saturated heterocycles. The number of para-hydroxylation sites is 2. The minimum Gasteiger partial charge on any atom is -0.439 e. The van der Waals surface area contributed by atoms with Gasteiger partial charge in [0.05, 0.1) is 27.8 Å². The van der Waals surface area contributed by atoms with Crippen LogP contribution >= 0.6 is 14.7 Å². The monoisotopic (exact) mass is 655 g/mol. The third-order valence-corrected chi connectivity index (χ3v) is 15.1. The van der Waals surface area contributed by atoms with Gasteiger partial charge in [-0.2, -0.15) is 4.31 Å². The molecule has 0 fully saturated rings. The molecule has 7 rings (SSSR count). The molecule has 5 aromatic carbocycles. The smallest absolute Gasteiger partial charge is 0.279 e. The molecule has 0 N–H and O–H groups in total. The Hall–Kier alpha value is -3.93. The van der Waals surface area contributed by atoms with Gasteiger partial charge in [0, 0.05) is 24.2 Å². The summed E-state index contributed by atoms with van der Waals surface area (Å²) in [5.74, 6) is 1.01. The molecule has 2 aliphatic heterocycles. The lowest BCUT2D eigenvalue weighted by Crippen LogP contribution is -2.38. The predicted molar refractivity (Wildman–Crippen MR) is 179 cm³/mol. The molecule has 2 heterocycles. The van der Waals surface area contributed by atoms with Gasteiger partial charge in [-0.1, -0.05) is 90.5 Å². The number of aryl methyl sites for hydroxylation is 1. The highest BCUT2D eigenvalue weighted by molar-refractivity contribution is 7.89. The minimum atomic E-state index is -4.07. The Bertz CT molecular complexity index is 2020. The molecule has 2 atom stereocenters. The van der Waals surface area contributed by atoms with E-state index >= 15 is 0 Å². The maximum absolute atomic E-state index is 14.6. The predicted octanol–water partition coefficient (Wildman–Crippen LogP) is 7.31. The van der Waals surface area contributed by atoms with Crippen LogP contribution in [-0.2, 0) is 19.2 Å². The molecule has 0 bridgehead atoms. The van der Waals surface area contributed by atoms with E-state index in [1.165, 1.54) is 4.31 Å². The lowest BCUT2D eigenvalue weighted by atomic mass is 10.0. The average molecular weight is 656 g/mol. The summed E-state index contributed by atoms with van der Waals surface area (Å²) in [7, 11) is -11.1. The first-order chi connectivity index (χ1) is 21.7. The van der Waals surface area contributed by atoms with Crippen molar-refractivity contribution in [3.8, 4) is 33.8 Å². The summed E-state index contributed by atoms with van der Waals surface area (Å²) >= 11 is 0. The molecule has 228 valence electrons. The standard InChI is InChI=1S/C35H31NO6P2S/c1-26-18-20-27(21-19-26)45(39,40)36(22-24-43(37)34-16-8-4-12-30(34)28-10-2-6-14-32(28)41-43)23-25-44(38)35-17-9-5-13-31(35)29-11-3-7-15-33(29)42-44/h2-21H,22-25H2,1H3. The SMILES string of the molecule is Cc1ccc(S(=O)(=O)N(CCP2(=O)Oc3ccccc3-c3ccccc32)CCP2(=O)Oc3ccccc3-c3ccccc32)cc1. The zero-order chi connectivity index (χ0) is 31.2. The van der Waals surface area contributed by atoms with Gasteiger partial charge in [0.15, 0.2) is 0 Å². The van der Waals surface area contributed by atoms with Crippen LogP contribution in [0.4, 0.5) is 0 Å². The molecular formula is C35H31NO6P2S. The fourth-order valence-electron chi connectivity index (χ4n) is 5.98. The van der Waals surface area contributed by atoms with Gasteiger partial charge >= 0.3 is 0 Å². The summed E-state index contributed by atoms with van der Waals surface area (Å²) < 4.78 is 71.1. The Morgan fingerprint density at radius 3 is 1.42 bits per heavy atom. The van der Waals surface area contributed by atoms with E-state index in [4.69, 9.17) is 9.05 Å². The number of fused-ring (bicyclic) bond motifs is 6. The average Bonchev–Trinajstić information content (AvgIpc) is 3.05. The number of nitrogens with zero attached hydrogens (tertiary/aromatic N) is 1. The topological polar surface area (TPSA) is 90.0 Å². The Morgan fingerprint density at radius 2 is 0.956 bits per heavy atom. The van der Waals surface area contributed by atoms with E-state index in [0.717, 1.165) is 27.8 Å². The van der Waals surface area contributed by atoms with Crippen molar-refractivity contribution < 1.29 is 26.6 Å². The van der Waals surface area contributed by atoms with Gasteiger partial charge in [-0.3, -0.25) is 9.13 Å². The number of sulfonamides is 1. The van der Waals surface area contributed by atoms with Crippen LogP contribution in [-0.4, -0.2) is 38.1 Å². The van der Waals surface area contributed by atoms with Crippen molar-refractivity contribution in [2.24, 2.45) is 0 Å². The third kappa shape index (κ3) is 5.36. The second-order valence-electron chi connectivity index (χ2n) is 11.2. The molecule has 0 saturated carbocycles. The molecule has 0 spiro atoms. The molecule has 0 amide bonds. The van der Waals surface area contributed by atoms with Crippen LogP contribution in [0.3, 0.4) is 0 Å². The van der Waals surface area contributed by atoms with Gasteiger partial charge < -0.3 is 9.05 Å². The highest BCUT2D eigenvalue weighted by Crippen LogP contribution is 2.56. The van der Waals surface area contributed by atoms with Crippen molar-refractivity contribution in [2.75, 3.05) is 25.4 Å². The van der Waals surface area contributed by atoms with E-state index in [2.05, 4.69) is 0 Å². The zero-order valence-electron chi connectivity index (χ0n) is 24.6. The maximum atomic E-state index is 14.6. The third-order valence-electron chi connectivity index (χ3n) is 8.33. The molecule has 0 aromatic heterocycles. The van der Waals surface area contributed by atoms with Crippen LogP contribution in [0.5, 0.6) is 11.5 Å². The summed E-state index contributed by atoms with van der Waals surface area (Å²) in [6, 6.07) is 36.2. The van der Waals surface area contributed by atoms with Crippen LogP contribution in [0, 0.1) is 6.92 Å². The van der Waals surface area contributed by atoms with Gasteiger partial charge in [-0.25, -0.2) is 8.42 Å². The summed E-state index contributed by atoms with van der Waals surface area (Å²) in [5.41, 5.74) is 4.23. The van der Waals surface area contributed by atoms with Crippen LogP contribution in [0.25, 0.3) is 22.3 Å². The Kier molecular flexibility index (Phi) is 7.58. The van der Waals surface area contributed by atoms with E-state index in [9.17, 15) is 17.5 Å². The molecule has 0 aliphatic carbocycles.